The lowest BCUT2D eigenvalue weighted by molar-refractivity contribution is -0.143. The molecule has 0 N–H and O–H groups in total. The van der Waals surface area contributed by atoms with Crippen molar-refractivity contribution >= 4 is 17.7 Å². The highest BCUT2D eigenvalue weighted by Crippen LogP contribution is 2.38. The Labute approximate surface area is 183 Å². The molecular weight excluding hydrogens is 456 g/mol. The van der Waals surface area contributed by atoms with Crippen molar-refractivity contribution in [3.63, 3.8) is 0 Å². The van der Waals surface area contributed by atoms with Crippen LogP contribution in [-0.4, -0.2) is 36.6 Å². The van der Waals surface area contributed by atoms with Gasteiger partial charge in [0.25, 0.3) is 0 Å². The Hall–Kier alpha value is -3.64. The first-order chi connectivity index (χ1) is 15.2. The second kappa shape index (κ2) is 8.71. The fourth-order valence-electron chi connectivity index (χ4n) is 2.77. The topological polar surface area (TPSA) is 74.8 Å². The van der Waals surface area contributed by atoms with Crippen LogP contribution < -0.4 is 0 Å². The minimum Gasteiger partial charge on any atom is -0.459 e. The molecule has 1 aromatic carbocycles. The van der Waals surface area contributed by atoms with Crippen molar-refractivity contribution < 1.29 is 35.9 Å². The standard InChI is InChI=1S/C20H17F6N5O2/c1-11(2)33-18(32)16(13-7-28-30(3)8-13)9-31-10-27-17(29-31)12-4-14(19(21,22)23)6-15(5-12)20(24,25)26/h4-11H,1-3H3. The number of carbonyl (C=O) groups excluding carboxylic acids is 1. The van der Waals surface area contributed by atoms with Crippen LogP contribution in [0.3, 0.4) is 0 Å². The maximum Gasteiger partial charge on any atom is 0.416 e. The molecule has 0 atom stereocenters. The van der Waals surface area contributed by atoms with E-state index in [9.17, 15) is 31.1 Å². The predicted octanol–water partition coefficient (Wildman–Crippen LogP) is 4.67. The van der Waals surface area contributed by atoms with Crippen LogP contribution >= 0.6 is 0 Å². The molecule has 3 rings (SSSR count). The Balaban J connectivity index is 2.06. The van der Waals surface area contributed by atoms with E-state index >= 15 is 0 Å². The minimum atomic E-state index is -5.01. The molecule has 0 spiro atoms. The summed E-state index contributed by atoms with van der Waals surface area (Å²) >= 11 is 0. The van der Waals surface area contributed by atoms with Crippen molar-refractivity contribution in [3.8, 4) is 11.4 Å². The van der Waals surface area contributed by atoms with Crippen molar-refractivity contribution in [2.45, 2.75) is 32.3 Å². The fourth-order valence-corrected chi connectivity index (χ4v) is 2.77. The lowest BCUT2D eigenvalue weighted by Crippen LogP contribution is -2.13. The van der Waals surface area contributed by atoms with Gasteiger partial charge in [-0.2, -0.15) is 31.4 Å². The SMILES string of the molecule is CC(C)OC(=O)C(=Cn1cnc(-c2cc(C(F)(F)F)cc(C(F)(F)F)c2)n1)c1cnn(C)c1. The maximum absolute atomic E-state index is 13.1. The highest BCUT2D eigenvalue weighted by Gasteiger charge is 2.37. The highest BCUT2D eigenvalue weighted by atomic mass is 19.4. The molecule has 0 radical (unpaired) electrons. The molecule has 7 nitrogen and oxygen atoms in total. The molecule has 2 aromatic heterocycles. The van der Waals surface area contributed by atoms with Crippen LogP contribution in [0.4, 0.5) is 26.3 Å². The molecular formula is C20H17F6N5O2. The Morgan fingerprint density at radius 1 is 1.06 bits per heavy atom. The monoisotopic (exact) mass is 473 g/mol. The number of rotatable bonds is 5. The molecule has 13 heteroatoms. The first kappa shape index (κ1) is 24.0. The molecule has 0 bridgehead atoms. The molecule has 0 fully saturated rings. The molecule has 0 saturated carbocycles. The Morgan fingerprint density at radius 2 is 1.67 bits per heavy atom. The van der Waals surface area contributed by atoms with Crippen molar-refractivity contribution in [2.24, 2.45) is 7.05 Å². The van der Waals surface area contributed by atoms with Gasteiger partial charge in [0.05, 0.1) is 29.0 Å². The number of hydrogen-bond acceptors (Lipinski definition) is 5. The average molecular weight is 473 g/mol. The number of alkyl halides is 6. The zero-order valence-corrected chi connectivity index (χ0v) is 17.4. The highest BCUT2D eigenvalue weighted by molar-refractivity contribution is 6.20. The summed E-state index contributed by atoms with van der Waals surface area (Å²) in [6.45, 7) is 3.27. The van der Waals surface area contributed by atoms with Gasteiger partial charge in [-0.1, -0.05) is 0 Å². The maximum atomic E-state index is 13.1. The number of ether oxygens (including phenoxy) is 1. The average Bonchev–Trinajstić information content (AvgIpc) is 3.32. The zero-order chi connectivity index (χ0) is 24.6. The summed E-state index contributed by atoms with van der Waals surface area (Å²) in [4.78, 5) is 16.3. The number of aryl methyl sites for hydroxylation is 1. The van der Waals surface area contributed by atoms with Gasteiger partial charge < -0.3 is 4.74 Å². The molecule has 0 aliphatic carbocycles. The van der Waals surface area contributed by atoms with Crippen LogP contribution in [-0.2, 0) is 28.9 Å². The van der Waals surface area contributed by atoms with E-state index in [-0.39, 0.29) is 11.6 Å². The molecule has 3 aromatic rings. The van der Waals surface area contributed by atoms with Gasteiger partial charge >= 0.3 is 18.3 Å². The molecule has 0 saturated heterocycles. The van der Waals surface area contributed by atoms with Gasteiger partial charge in [-0.05, 0) is 32.0 Å². The van der Waals surface area contributed by atoms with E-state index in [0.29, 0.717) is 17.7 Å². The van der Waals surface area contributed by atoms with E-state index in [2.05, 4.69) is 15.2 Å². The third kappa shape index (κ3) is 5.79. The minimum absolute atomic E-state index is 0.00766. The van der Waals surface area contributed by atoms with Gasteiger partial charge in [-0.25, -0.2) is 14.5 Å². The summed E-state index contributed by atoms with van der Waals surface area (Å²) in [6, 6.07) is 1.06. The number of halogens is 6. The summed E-state index contributed by atoms with van der Waals surface area (Å²) in [5, 5.41) is 7.89. The number of carbonyl (C=O) groups is 1. The lowest BCUT2D eigenvalue weighted by Gasteiger charge is -2.13. The summed E-state index contributed by atoms with van der Waals surface area (Å²) < 4.78 is 86.4. The largest absolute Gasteiger partial charge is 0.459 e. The van der Waals surface area contributed by atoms with Crippen LogP contribution in [0.2, 0.25) is 0 Å². The smallest absolute Gasteiger partial charge is 0.416 e. The van der Waals surface area contributed by atoms with Crippen LogP contribution in [0.25, 0.3) is 23.2 Å². The lowest BCUT2D eigenvalue weighted by atomic mass is 10.0. The van der Waals surface area contributed by atoms with Gasteiger partial charge in [0.15, 0.2) is 5.82 Å². The number of nitrogens with zero attached hydrogens (tertiary/aromatic N) is 5. The fraction of sp³-hybridized carbons (Fsp3) is 0.300. The molecule has 0 amide bonds. The first-order valence-corrected chi connectivity index (χ1v) is 9.37. The van der Waals surface area contributed by atoms with Gasteiger partial charge in [0.2, 0.25) is 0 Å². The molecule has 0 aliphatic heterocycles. The normalized spacial score (nSPS) is 13.0. The summed E-state index contributed by atoms with van der Waals surface area (Å²) in [5.74, 6) is -1.13. The van der Waals surface area contributed by atoms with Crippen molar-refractivity contribution in [1.29, 1.82) is 0 Å². The molecule has 0 unspecified atom stereocenters. The second-order valence-electron chi connectivity index (χ2n) is 7.24. The van der Waals surface area contributed by atoms with Crippen molar-refractivity contribution in [3.05, 3.63) is 53.6 Å². The molecule has 2 heterocycles. The summed E-state index contributed by atoms with van der Waals surface area (Å²) in [6.07, 6.45) is -5.33. The second-order valence-corrected chi connectivity index (χ2v) is 7.24. The van der Waals surface area contributed by atoms with Crippen LogP contribution in [0.15, 0.2) is 36.9 Å². The van der Waals surface area contributed by atoms with Gasteiger partial charge in [0.1, 0.15) is 6.33 Å². The van der Waals surface area contributed by atoms with Gasteiger partial charge in [-0.3, -0.25) is 4.68 Å². The number of esters is 1. The van der Waals surface area contributed by atoms with E-state index in [4.69, 9.17) is 4.74 Å². The Kier molecular flexibility index (Phi) is 6.34. The van der Waals surface area contributed by atoms with Gasteiger partial charge in [0, 0.05) is 30.6 Å². The third-order valence-electron chi connectivity index (χ3n) is 4.19. The van der Waals surface area contributed by atoms with Crippen LogP contribution in [0.1, 0.15) is 30.5 Å². The number of hydrogen-bond donors (Lipinski definition) is 0. The molecule has 33 heavy (non-hydrogen) atoms. The van der Waals surface area contributed by atoms with Gasteiger partial charge in [-0.15, -0.1) is 5.10 Å². The van der Waals surface area contributed by atoms with Crippen LogP contribution in [0, 0.1) is 0 Å². The van der Waals surface area contributed by atoms with E-state index in [1.807, 2.05) is 0 Å². The Bertz CT molecular complexity index is 1160. The number of benzene rings is 1. The molecule has 0 aliphatic rings. The van der Waals surface area contributed by atoms with E-state index in [1.165, 1.54) is 23.3 Å². The van der Waals surface area contributed by atoms with Crippen molar-refractivity contribution in [2.75, 3.05) is 0 Å². The third-order valence-corrected chi connectivity index (χ3v) is 4.19. The number of aromatic nitrogens is 5. The van der Waals surface area contributed by atoms with Crippen LogP contribution in [0.5, 0.6) is 0 Å². The molecule has 176 valence electrons. The Morgan fingerprint density at radius 3 is 2.15 bits per heavy atom. The van der Waals surface area contributed by atoms with E-state index < -0.39 is 46.9 Å². The quantitative estimate of drug-likeness (QED) is 0.306. The predicted molar refractivity (Wildman–Crippen MR) is 104 cm³/mol. The zero-order valence-electron chi connectivity index (χ0n) is 17.4. The summed E-state index contributed by atoms with van der Waals surface area (Å²) in [7, 11) is 1.62. The summed E-state index contributed by atoms with van der Waals surface area (Å²) in [5.41, 5.74) is -3.10. The van der Waals surface area contributed by atoms with Crippen molar-refractivity contribution in [1.82, 2.24) is 24.5 Å². The first-order valence-electron chi connectivity index (χ1n) is 9.37. The van der Waals surface area contributed by atoms with E-state index in [0.717, 1.165) is 11.0 Å². The van der Waals surface area contributed by atoms with E-state index in [1.54, 1.807) is 20.9 Å².